The molecule has 1 saturated heterocycles. The van der Waals surface area contributed by atoms with Gasteiger partial charge in [-0.3, -0.25) is 0 Å². The number of rotatable bonds is 4. The van der Waals surface area contributed by atoms with E-state index >= 15 is 0 Å². The molecular formula is C16H23N. The van der Waals surface area contributed by atoms with Crippen molar-refractivity contribution in [1.29, 1.82) is 0 Å². The van der Waals surface area contributed by atoms with Gasteiger partial charge in [0.1, 0.15) is 0 Å². The number of hydrogen-bond acceptors (Lipinski definition) is 1. The molecule has 92 valence electrons. The summed E-state index contributed by atoms with van der Waals surface area (Å²) < 4.78 is 0. The van der Waals surface area contributed by atoms with E-state index in [0.717, 1.165) is 5.92 Å². The van der Waals surface area contributed by atoms with Gasteiger partial charge in [0.15, 0.2) is 0 Å². The van der Waals surface area contributed by atoms with Gasteiger partial charge in [-0.15, -0.1) is 0 Å². The molecule has 1 nitrogen and oxygen atoms in total. The fourth-order valence-corrected chi connectivity index (χ4v) is 2.82. The summed E-state index contributed by atoms with van der Waals surface area (Å²) in [5, 5.41) is 3.45. The molecule has 2 atom stereocenters. The lowest BCUT2D eigenvalue weighted by molar-refractivity contribution is 0.494. The summed E-state index contributed by atoms with van der Waals surface area (Å²) >= 11 is 0. The molecule has 0 bridgehead atoms. The molecule has 1 N–H and O–H groups in total. The number of aryl methyl sites for hydroxylation is 1. The predicted molar refractivity (Wildman–Crippen MR) is 74.3 cm³/mol. The highest BCUT2D eigenvalue weighted by Crippen LogP contribution is 2.33. The Morgan fingerprint density at radius 2 is 2.24 bits per heavy atom. The summed E-state index contributed by atoms with van der Waals surface area (Å²) in [6.45, 7) is 10.9. The molecule has 1 aliphatic rings. The van der Waals surface area contributed by atoms with E-state index in [0.29, 0.717) is 5.92 Å². The molecule has 0 saturated carbocycles. The van der Waals surface area contributed by atoms with E-state index in [9.17, 15) is 0 Å². The van der Waals surface area contributed by atoms with Crippen LogP contribution in [0.25, 0.3) is 0 Å². The molecule has 0 aromatic heterocycles. The summed E-state index contributed by atoms with van der Waals surface area (Å²) in [7, 11) is 0. The zero-order chi connectivity index (χ0) is 12.3. The third-order valence-corrected chi connectivity index (χ3v) is 3.89. The van der Waals surface area contributed by atoms with Gasteiger partial charge in [-0.1, -0.05) is 36.4 Å². The first-order valence-electron chi connectivity index (χ1n) is 6.60. The van der Waals surface area contributed by atoms with E-state index in [4.69, 9.17) is 0 Å². The summed E-state index contributed by atoms with van der Waals surface area (Å²) in [5.41, 5.74) is 4.16. The second kappa shape index (κ2) is 5.50. The number of hydrogen-bond donors (Lipinski definition) is 1. The van der Waals surface area contributed by atoms with Crippen molar-refractivity contribution in [2.24, 2.45) is 5.92 Å². The number of benzene rings is 1. The van der Waals surface area contributed by atoms with Crippen LogP contribution in [-0.4, -0.2) is 13.1 Å². The molecule has 1 aromatic rings. The van der Waals surface area contributed by atoms with E-state index in [1.54, 1.807) is 0 Å². The lowest BCUT2D eigenvalue weighted by Crippen LogP contribution is -2.13. The Kier molecular flexibility index (Phi) is 4.01. The van der Waals surface area contributed by atoms with Crippen molar-refractivity contribution in [2.45, 2.75) is 32.6 Å². The van der Waals surface area contributed by atoms with E-state index in [1.807, 2.05) is 0 Å². The Bertz CT molecular complexity index is 388. The molecule has 17 heavy (non-hydrogen) atoms. The molecule has 1 fully saturated rings. The lowest BCUT2D eigenvalue weighted by Gasteiger charge is -2.22. The van der Waals surface area contributed by atoms with Crippen molar-refractivity contribution in [3.63, 3.8) is 0 Å². The first kappa shape index (κ1) is 12.4. The van der Waals surface area contributed by atoms with Gasteiger partial charge in [0.2, 0.25) is 0 Å². The highest BCUT2D eigenvalue weighted by molar-refractivity contribution is 5.34. The Hall–Kier alpha value is -1.08. The average Bonchev–Trinajstić information content (AvgIpc) is 2.79. The molecule has 1 aromatic carbocycles. The summed E-state index contributed by atoms with van der Waals surface area (Å²) in [6.07, 6.45) is 2.56. The molecule has 0 aliphatic carbocycles. The standard InChI is InChI=1S/C16H23N/c1-12(2)16(10-14-8-9-17-11-14)15-7-5-4-6-13(15)3/h4-7,14,16-17H,1,8-11H2,2-3H3. The van der Waals surface area contributed by atoms with E-state index < -0.39 is 0 Å². The summed E-state index contributed by atoms with van der Waals surface area (Å²) in [5.74, 6) is 1.34. The van der Waals surface area contributed by atoms with Gasteiger partial charge in [0.05, 0.1) is 0 Å². The van der Waals surface area contributed by atoms with Crippen molar-refractivity contribution in [2.75, 3.05) is 13.1 Å². The van der Waals surface area contributed by atoms with Gasteiger partial charge in [0.25, 0.3) is 0 Å². The zero-order valence-corrected chi connectivity index (χ0v) is 11.0. The third kappa shape index (κ3) is 2.98. The van der Waals surface area contributed by atoms with E-state index in [1.165, 1.54) is 42.6 Å². The van der Waals surface area contributed by atoms with Crippen LogP contribution in [0, 0.1) is 12.8 Å². The van der Waals surface area contributed by atoms with Gasteiger partial charge < -0.3 is 5.32 Å². The Morgan fingerprint density at radius 3 is 2.82 bits per heavy atom. The van der Waals surface area contributed by atoms with Crippen LogP contribution in [0.5, 0.6) is 0 Å². The maximum absolute atomic E-state index is 4.19. The molecule has 0 amide bonds. The SMILES string of the molecule is C=C(C)C(CC1CCNC1)c1ccccc1C. The van der Waals surface area contributed by atoms with Crippen molar-refractivity contribution in [3.8, 4) is 0 Å². The van der Waals surface area contributed by atoms with Crippen LogP contribution < -0.4 is 5.32 Å². The predicted octanol–water partition coefficient (Wildman–Crippen LogP) is 3.65. The molecule has 2 unspecified atom stereocenters. The monoisotopic (exact) mass is 229 g/mol. The largest absolute Gasteiger partial charge is 0.316 e. The quantitative estimate of drug-likeness (QED) is 0.777. The van der Waals surface area contributed by atoms with Crippen LogP contribution in [-0.2, 0) is 0 Å². The van der Waals surface area contributed by atoms with Crippen LogP contribution >= 0.6 is 0 Å². The molecule has 2 rings (SSSR count). The molecule has 1 aliphatic heterocycles. The zero-order valence-electron chi connectivity index (χ0n) is 11.0. The fraction of sp³-hybridized carbons (Fsp3) is 0.500. The van der Waals surface area contributed by atoms with Gasteiger partial charge in [-0.05, 0) is 56.8 Å². The molecular weight excluding hydrogens is 206 g/mol. The van der Waals surface area contributed by atoms with Gasteiger partial charge >= 0.3 is 0 Å². The first-order valence-corrected chi connectivity index (χ1v) is 6.60. The molecule has 1 heterocycles. The first-order chi connectivity index (χ1) is 8.18. The highest BCUT2D eigenvalue weighted by Gasteiger charge is 2.22. The minimum absolute atomic E-state index is 0.529. The maximum atomic E-state index is 4.19. The summed E-state index contributed by atoms with van der Waals surface area (Å²) in [4.78, 5) is 0. The van der Waals surface area contributed by atoms with Crippen molar-refractivity contribution in [3.05, 3.63) is 47.5 Å². The van der Waals surface area contributed by atoms with Crippen LogP contribution in [0.3, 0.4) is 0 Å². The van der Waals surface area contributed by atoms with Crippen LogP contribution in [0.2, 0.25) is 0 Å². The van der Waals surface area contributed by atoms with Crippen LogP contribution in [0.4, 0.5) is 0 Å². The third-order valence-electron chi connectivity index (χ3n) is 3.89. The number of nitrogens with one attached hydrogen (secondary N) is 1. The maximum Gasteiger partial charge on any atom is 0.00484 e. The smallest absolute Gasteiger partial charge is 0.00484 e. The number of allylic oxidation sites excluding steroid dienone is 1. The highest BCUT2D eigenvalue weighted by atomic mass is 14.9. The van der Waals surface area contributed by atoms with Crippen LogP contribution in [0.1, 0.15) is 36.8 Å². The van der Waals surface area contributed by atoms with Crippen molar-refractivity contribution < 1.29 is 0 Å². The lowest BCUT2D eigenvalue weighted by atomic mass is 9.82. The van der Waals surface area contributed by atoms with Crippen molar-refractivity contribution in [1.82, 2.24) is 5.32 Å². The Morgan fingerprint density at radius 1 is 1.47 bits per heavy atom. The van der Waals surface area contributed by atoms with Gasteiger partial charge in [0, 0.05) is 5.92 Å². The second-order valence-electron chi connectivity index (χ2n) is 5.35. The second-order valence-corrected chi connectivity index (χ2v) is 5.35. The summed E-state index contributed by atoms with van der Waals surface area (Å²) in [6, 6.07) is 8.73. The molecule has 0 radical (unpaired) electrons. The Balaban J connectivity index is 2.17. The average molecular weight is 229 g/mol. The van der Waals surface area contributed by atoms with E-state index in [2.05, 4.69) is 50.0 Å². The van der Waals surface area contributed by atoms with Crippen molar-refractivity contribution >= 4 is 0 Å². The van der Waals surface area contributed by atoms with Gasteiger partial charge in [-0.2, -0.15) is 0 Å². The minimum atomic E-state index is 0.529. The topological polar surface area (TPSA) is 12.0 Å². The normalized spacial score (nSPS) is 21.4. The Labute approximate surface area is 105 Å². The molecule has 0 spiro atoms. The molecule has 1 heteroatoms. The van der Waals surface area contributed by atoms with Gasteiger partial charge in [-0.25, -0.2) is 0 Å². The van der Waals surface area contributed by atoms with Crippen LogP contribution in [0.15, 0.2) is 36.4 Å². The minimum Gasteiger partial charge on any atom is -0.316 e. The fourth-order valence-electron chi connectivity index (χ4n) is 2.82. The van der Waals surface area contributed by atoms with E-state index in [-0.39, 0.29) is 0 Å².